The third-order valence-electron chi connectivity index (χ3n) is 5.93. The maximum absolute atomic E-state index is 13.9. The van der Waals surface area contributed by atoms with Crippen LogP contribution in [-0.4, -0.2) is 59.3 Å². The van der Waals surface area contributed by atoms with Gasteiger partial charge in [0.15, 0.2) is 29.7 Å². The van der Waals surface area contributed by atoms with Gasteiger partial charge in [-0.25, -0.2) is 19.0 Å². The highest BCUT2D eigenvalue weighted by Crippen LogP contribution is 2.39. The Bertz CT molecular complexity index is 1450. The minimum Gasteiger partial charge on any atom is -0.463 e. The summed E-state index contributed by atoms with van der Waals surface area (Å²) in [6.07, 6.45) is -2.78. The smallest absolute Gasteiger partial charge is 0.303 e. The zero-order chi connectivity index (χ0) is 32.0. The lowest BCUT2D eigenvalue weighted by atomic mass is 9.96. The predicted molar refractivity (Wildman–Crippen MR) is 149 cm³/mol. The summed E-state index contributed by atoms with van der Waals surface area (Å²) in [6, 6.07) is 6.83. The van der Waals surface area contributed by atoms with Crippen LogP contribution in [-0.2, 0) is 33.3 Å². The van der Waals surface area contributed by atoms with Gasteiger partial charge in [0, 0.05) is 41.9 Å². The molecular weight excluding hydrogens is 661 g/mol. The van der Waals surface area contributed by atoms with Crippen molar-refractivity contribution in [1.82, 2.24) is 5.01 Å². The standard InChI is InChI=1S/C27H26BrF3N4O7S/c1-12(36)39-11-22-25(40-13(2)37)24(35(34)10-21(33)16-6-19(29)23(31)20(30)7-16)26(41-14(3)38)27(42-22)43-17-5-4-15(9-32)18(28)8-17/h4-8,10,22,24-27H,11,33-34H2,1-3H3/b21-10-. The summed E-state index contributed by atoms with van der Waals surface area (Å²) in [4.78, 5) is 36.6. The molecule has 5 atom stereocenters. The Morgan fingerprint density at radius 3 is 2.21 bits per heavy atom. The number of carbonyl (C=O) groups is 3. The molecule has 16 heteroatoms. The quantitative estimate of drug-likeness (QED) is 0.130. The summed E-state index contributed by atoms with van der Waals surface area (Å²) in [5, 5.41) is 10.2. The molecule has 2 aromatic carbocycles. The molecule has 1 saturated heterocycles. The molecule has 1 aliphatic rings. The Morgan fingerprint density at radius 1 is 1.07 bits per heavy atom. The van der Waals surface area contributed by atoms with E-state index < -0.39 is 71.8 Å². The fourth-order valence-corrected chi connectivity index (χ4v) is 5.92. The van der Waals surface area contributed by atoms with Crippen LogP contribution in [0.2, 0.25) is 0 Å². The summed E-state index contributed by atoms with van der Waals surface area (Å²) < 4.78 is 64.2. The van der Waals surface area contributed by atoms with Gasteiger partial charge in [-0.05, 0) is 46.3 Å². The monoisotopic (exact) mass is 686 g/mol. The lowest BCUT2D eigenvalue weighted by Gasteiger charge is -2.47. The molecule has 3 rings (SSSR count). The van der Waals surface area contributed by atoms with E-state index in [9.17, 15) is 32.8 Å². The van der Waals surface area contributed by atoms with Crippen molar-refractivity contribution in [3.05, 3.63) is 69.6 Å². The summed E-state index contributed by atoms with van der Waals surface area (Å²) in [5.74, 6) is -0.536. The van der Waals surface area contributed by atoms with E-state index in [1.165, 1.54) is 0 Å². The van der Waals surface area contributed by atoms with E-state index in [2.05, 4.69) is 15.9 Å². The highest BCUT2D eigenvalue weighted by Gasteiger charge is 2.52. The van der Waals surface area contributed by atoms with E-state index >= 15 is 0 Å². The first-order valence-electron chi connectivity index (χ1n) is 12.4. The van der Waals surface area contributed by atoms with Crippen molar-refractivity contribution >= 4 is 51.3 Å². The molecule has 5 unspecified atom stereocenters. The van der Waals surface area contributed by atoms with Crippen LogP contribution in [0, 0.1) is 28.8 Å². The summed E-state index contributed by atoms with van der Waals surface area (Å²) in [6.45, 7) is 2.97. The number of carbonyl (C=O) groups excluding carboxylic acids is 3. The molecule has 4 N–H and O–H groups in total. The van der Waals surface area contributed by atoms with Crippen LogP contribution in [0.3, 0.4) is 0 Å². The maximum atomic E-state index is 13.9. The van der Waals surface area contributed by atoms with Crippen LogP contribution in [0.5, 0.6) is 0 Å². The van der Waals surface area contributed by atoms with Crippen molar-refractivity contribution in [2.45, 2.75) is 55.5 Å². The molecule has 1 heterocycles. The first-order chi connectivity index (χ1) is 20.2. The number of esters is 3. The number of rotatable bonds is 9. The molecule has 2 aromatic rings. The Balaban J connectivity index is 2.13. The fraction of sp³-hybridized carbons (Fsp3) is 0.333. The van der Waals surface area contributed by atoms with Crippen LogP contribution in [0.1, 0.15) is 31.9 Å². The van der Waals surface area contributed by atoms with Gasteiger partial charge >= 0.3 is 17.9 Å². The third kappa shape index (κ3) is 8.63. The number of thioether (sulfide) groups is 1. The highest BCUT2D eigenvalue weighted by atomic mass is 79.9. The first kappa shape index (κ1) is 33.7. The molecule has 0 aromatic heterocycles. The van der Waals surface area contributed by atoms with E-state index in [0.717, 1.165) is 43.7 Å². The van der Waals surface area contributed by atoms with Gasteiger partial charge in [-0.15, -0.1) is 0 Å². The SMILES string of the molecule is CC(=O)OCC1OC(Sc2ccc(C#N)c(Br)c2)C(OC(C)=O)C(N(N)/C=C(\N)c2cc(F)c(F)c(F)c2)C1OC(C)=O. The minimum atomic E-state index is -1.70. The number of nitrogens with zero attached hydrogens (tertiary/aromatic N) is 2. The van der Waals surface area contributed by atoms with Gasteiger partial charge in [0.1, 0.15) is 30.3 Å². The number of ether oxygens (including phenoxy) is 4. The third-order valence-corrected chi connectivity index (χ3v) is 7.73. The van der Waals surface area contributed by atoms with Crippen molar-refractivity contribution in [3.63, 3.8) is 0 Å². The van der Waals surface area contributed by atoms with Gasteiger partial charge in [-0.1, -0.05) is 11.8 Å². The van der Waals surface area contributed by atoms with Crippen molar-refractivity contribution in [1.29, 1.82) is 5.26 Å². The first-order valence-corrected chi connectivity index (χ1v) is 14.0. The number of hydrogen-bond donors (Lipinski definition) is 2. The van der Waals surface area contributed by atoms with Crippen LogP contribution in [0.4, 0.5) is 13.2 Å². The number of hydrazine groups is 1. The topological polar surface area (TPSA) is 167 Å². The molecule has 0 spiro atoms. The zero-order valence-electron chi connectivity index (χ0n) is 22.9. The van der Waals surface area contributed by atoms with E-state index in [0.29, 0.717) is 27.1 Å². The van der Waals surface area contributed by atoms with Crippen molar-refractivity contribution in [2.75, 3.05) is 6.61 Å². The maximum Gasteiger partial charge on any atom is 0.303 e. The summed E-state index contributed by atoms with van der Waals surface area (Å²) >= 11 is 4.37. The summed E-state index contributed by atoms with van der Waals surface area (Å²) in [7, 11) is 0. The van der Waals surface area contributed by atoms with Crippen LogP contribution >= 0.6 is 27.7 Å². The zero-order valence-corrected chi connectivity index (χ0v) is 25.3. The molecule has 0 saturated carbocycles. The number of nitrogens with two attached hydrogens (primary N) is 2. The second kappa shape index (κ2) is 14.6. The Hall–Kier alpha value is -3.78. The highest BCUT2D eigenvalue weighted by molar-refractivity contribution is 9.10. The lowest BCUT2D eigenvalue weighted by molar-refractivity contribution is -0.215. The predicted octanol–water partition coefficient (Wildman–Crippen LogP) is 3.48. The molecule has 230 valence electrons. The largest absolute Gasteiger partial charge is 0.463 e. The molecule has 1 aliphatic heterocycles. The number of halogens is 4. The fourth-order valence-electron chi connectivity index (χ4n) is 4.15. The van der Waals surface area contributed by atoms with E-state index in [-0.39, 0.29) is 11.3 Å². The molecule has 0 bridgehead atoms. The minimum absolute atomic E-state index is 0.267. The Kier molecular flexibility index (Phi) is 11.4. The van der Waals surface area contributed by atoms with Crippen molar-refractivity contribution < 1.29 is 46.5 Å². The molecule has 0 aliphatic carbocycles. The molecule has 0 amide bonds. The summed E-state index contributed by atoms with van der Waals surface area (Å²) in [5.41, 5.74) is 4.73. The second-order valence-corrected chi connectivity index (χ2v) is 11.2. The van der Waals surface area contributed by atoms with Gasteiger partial charge in [-0.2, -0.15) is 5.26 Å². The molecule has 43 heavy (non-hydrogen) atoms. The van der Waals surface area contributed by atoms with E-state index in [1.807, 2.05) is 6.07 Å². The van der Waals surface area contributed by atoms with Crippen molar-refractivity contribution in [2.24, 2.45) is 11.6 Å². The number of hydrogen-bond acceptors (Lipinski definition) is 12. The second-order valence-electron chi connectivity index (χ2n) is 9.14. The van der Waals surface area contributed by atoms with Crippen LogP contribution in [0.15, 0.2) is 45.9 Å². The van der Waals surface area contributed by atoms with Gasteiger partial charge in [0.25, 0.3) is 0 Å². The average Bonchev–Trinajstić information content (AvgIpc) is 2.91. The molecule has 11 nitrogen and oxygen atoms in total. The van der Waals surface area contributed by atoms with Gasteiger partial charge in [-0.3, -0.25) is 14.4 Å². The molecule has 0 radical (unpaired) electrons. The van der Waals surface area contributed by atoms with E-state index in [4.69, 9.17) is 30.5 Å². The average molecular weight is 687 g/mol. The number of benzene rings is 2. The van der Waals surface area contributed by atoms with Crippen LogP contribution in [0.25, 0.3) is 5.70 Å². The van der Waals surface area contributed by atoms with Crippen LogP contribution < -0.4 is 11.6 Å². The Morgan fingerprint density at radius 2 is 1.67 bits per heavy atom. The molecule has 1 fully saturated rings. The molecular formula is C27H26BrF3N4O7S. The normalized spacial score (nSPS) is 21.8. The number of nitriles is 1. The lowest BCUT2D eigenvalue weighted by Crippen LogP contribution is -2.66. The van der Waals surface area contributed by atoms with E-state index in [1.54, 1.807) is 18.2 Å². The Labute approximate surface area is 256 Å². The van der Waals surface area contributed by atoms with Gasteiger partial charge in [0.2, 0.25) is 0 Å². The van der Waals surface area contributed by atoms with Gasteiger partial charge < -0.3 is 29.7 Å². The van der Waals surface area contributed by atoms with Gasteiger partial charge in [0.05, 0.1) is 11.3 Å². The van der Waals surface area contributed by atoms with Crippen molar-refractivity contribution in [3.8, 4) is 6.07 Å².